The number of hydrogen-bond donors (Lipinski definition) is 1. The van der Waals surface area contributed by atoms with Crippen LogP contribution in [-0.2, 0) is 13.7 Å². The van der Waals surface area contributed by atoms with E-state index >= 15 is 0 Å². The minimum Gasteiger partial charge on any atom is -0.471 e. The number of H-pyrrole nitrogens is 1. The van der Waals surface area contributed by atoms with Crippen LogP contribution in [0.4, 0.5) is 4.39 Å². The Morgan fingerprint density at radius 1 is 1.52 bits per heavy atom. The second-order valence-corrected chi connectivity index (χ2v) is 3.95. The number of aromatic nitrogens is 8. The van der Waals surface area contributed by atoms with Gasteiger partial charge in [-0.05, 0) is 10.4 Å². The van der Waals surface area contributed by atoms with E-state index in [1.165, 1.54) is 25.5 Å². The average Bonchev–Trinajstić information content (AvgIpc) is 3.05. The first-order valence-electron chi connectivity index (χ1n) is 6.18. The Morgan fingerprint density at radius 3 is 3.05 bits per heavy atom. The lowest BCUT2D eigenvalue weighted by atomic mass is 10.2. The summed E-state index contributed by atoms with van der Waals surface area (Å²) in [6.45, 7) is -0.267. The van der Waals surface area contributed by atoms with Crippen LogP contribution in [0.2, 0.25) is 1.41 Å². The van der Waals surface area contributed by atoms with Crippen molar-refractivity contribution in [1.82, 2.24) is 40.2 Å². The Labute approximate surface area is 117 Å². The fourth-order valence-corrected chi connectivity index (χ4v) is 1.60. The molecule has 0 fully saturated rings. The summed E-state index contributed by atoms with van der Waals surface area (Å²) < 4.78 is 28.3. The summed E-state index contributed by atoms with van der Waals surface area (Å²) in [7, 11) is 1.41. The maximum atomic E-state index is 13.9. The van der Waals surface area contributed by atoms with Crippen molar-refractivity contribution in [2.45, 2.75) is 6.61 Å². The zero-order chi connectivity index (χ0) is 15.7. The molecule has 0 aliphatic heterocycles. The first-order valence-corrected chi connectivity index (χ1v) is 5.73. The van der Waals surface area contributed by atoms with E-state index in [4.69, 9.17) is 6.15 Å². The number of halogens is 1. The van der Waals surface area contributed by atoms with Crippen molar-refractivity contribution in [3.63, 3.8) is 0 Å². The van der Waals surface area contributed by atoms with Gasteiger partial charge in [0.1, 0.15) is 12.3 Å². The molecule has 0 saturated heterocycles. The smallest absolute Gasteiger partial charge is 0.368 e. The van der Waals surface area contributed by atoms with Gasteiger partial charge in [-0.25, -0.2) is 4.79 Å². The third-order valence-corrected chi connectivity index (χ3v) is 2.64. The Balaban J connectivity index is 1.96. The van der Waals surface area contributed by atoms with Crippen LogP contribution in [0, 0.1) is 5.95 Å². The van der Waals surface area contributed by atoms with Gasteiger partial charge >= 0.3 is 5.69 Å². The lowest BCUT2D eigenvalue weighted by Crippen LogP contribution is -2.24. The summed E-state index contributed by atoms with van der Waals surface area (Å²) in [6.07, 6.45) is 2.53. The highest BCUT2D eigenvalue weighted by molar-refractivity contribution is 5.35. The molecule has 0 aliphatic rings. The van der Waals surface area contributed by atoms with Crippen molar-refractivity contribution in [3.05, 3.63) is 40.5 Å². The molecule has 0 spiro atoms. The van der Waals surface area contributed by atoms with Crippen LogP contribution in [0.25, 0.3) is 5.69 Å². The van der Waals surface area contributed by atoms with E-state index in [0.717, 1.165) is 14.5 Å². The molecule has 0 aliphatic carbocycles. The third kappa shape index (κ3) is 2.35. The molecule has 0 aromatic carbocycles. The summed E-state index contributed by atoms with van der Waals surface area (Å²) in [4.78, 5) is 11.9. The molecule has 10 nitrogen and oxygen atoms in total. The van der Waals surface area contributed by atoms with E-state index in [1.807, 2.05) is 0 Å². The molecule has 0 saturated carbocycles. The minimum absolute atomic E-state index is 0.0304. The Hall–Kier alpha value is -3.11. The van der Waals surface area contributed by atoms with Crippen LogP contribution in [0.5, 0.6) is 5.88 Å². The van der Waals surface area contributed by atoms with Crippen LogP contribution in [0.3, 0.4) is 0 Å². The van der Waals surface area contributed by atoms with Crippen molar-refractivity contribution in [2.75, 3.05) is 0 Å². The van der Waals surface area contributed by atoms with Gasteiger partial charge < -0.3 is 4.74 Å². The molecule has 11 heteroatoms. The van der Waals surface area contributed by atoms with Crippen LogP contribution in [0.15, 0.2) is 23.3 Å². The maximum absolute atomic E-state index is 13.9. The molecular weight excluding hydrogens is 283 g/mol. The molecule has 0 radical (unpaired) electrons. The highest BCUT2D eigenvalue weighted by Gasteiger charge is 2.17. The second-order valence-electron chi connectivity index (χ2n) is 3.95. The van der Waals surface area contributed by atoms with E-state index in [1.54, 1.807) is 0 Å². The predicted molar refractivity (Wildman–Crippen MR) is 65.1 cm³/mol. The maximum Gasteiger partial charge on any atom is 0.368 e. The fraction of sp³-hybridized carbons (Fsp3) is 0.200. The predicted octanol–water partition coefficient (Wildman–Crippen LogP) is -0.803. The second kappa shape index (κ2) is 5.11. The lowest BCUT2D eigenvalue weighted by Gasteiger charge is -2.07. The summed E-state index contributed by atoms with van der Waals surface area (Å²) >= 11 is 0. The molecule has 0 unspecified atom stereocenters. The van der Waals surface area contributed by atoms with Crippen LogP contribution in [0.1, 0.15) is 5.56 Å². The molecule has 3 aromatic rings. The van der Waals surface area contributed by atoms with E-state index in [0.29, 0.717) is 0 Å². The van der Waals surface area contributed by atoms with Crippen LogP contribution >= 0.6 is 0 Å². The number of rotatable bonds is 4. The van der Waals surface area contributed by atoms with Gasteiger partial charge in [-0.3, -0.25) is 5.09 Å². The molecule has 1 N–H and O–H groups in total. The van der Waals surface area contributed by atoms with Crippen LogP contribution < -0.4 is 10.4 Å². The fourth-order valence-electron chi connectivity index (χ4n) is 1.60. The third-order valence-electron chi connectivity index (χ3n) is 2.64. The standard InChI is InChI=1S/C10H9FN8O2/c1-18-10(20)19(17-16-18)7-4-13-15-9(11)6(7)5-21-8-2-3-12-14-8/h2-4H,5H2,1H3,(H,12,14)/i/hT. The van der Waals surface area contributed by atoms with Gasteiger partial charge in [0.25, 0.3) is 0 Å². The summed E-state index contributed by atoms with van der Waals surface area (Å²) in [5.74, 6) is -0.774. The first kappa shape index (κ1) is 11.7. The Kier molecular flexibility index (Phi) is 2.85. The van der Waals surface area contributed by atoms with E-state index in [2.05, 4.69) is 25.7 Å². The number of aromatic amines is 1. The quantitative estimate of drug-likeness (QED) is 0.669. The highest BCUT2D eigenvalue weighted by Crippen LogP contribution is 2.15. The zero-order valence-electron chi connectivity index (χ0n) is 11.7. The molecule has 3 heterocycles. The Morgan fingerprint density at radius 2 is 2.38 bits per heavy atom. The van der Waals surface area contributed by atoms with Crippen molar-refractivity contribution in [3.8, 4) is 11.6 Å². The van der Waals surface area contributed by atoms with Gasteiger partial charge in [-0.1, -0.05) is 0 Å². The van der Waals surface area contributed by atoms with Gasteiger partial charge in [0.05, 0.1) is 11.8 Å². The number of nitrogens with one attached hydrogen (secondary N) is 1. The molecule has 108 valence electrons. The molecule has 0 amide bonds. The van der Waals surface area contributed by atoms with E-state index < -0.39 is 11.6 Å². The van der Waals surface area contributed by atoms with E-state index in [-0.39, 0.29) is 23.7 Å². The van der Waals surface area contributed by atoms with E-state index in [9.17, 15) is 9.18 Å². The molecule has 0 atom stereocenters. The number of hydrogen-bond acceptors (Lipinski definition) is 7. The van der Waals surface area contributed by atoms with Gasteiger partial charge in [0.15, 0.2) is 1.41 Å². The monoisotopic (exact) mass is 294 g/mol. The topological polar surface area (TPSA) is 116 Å². The van der Waals surface area contributed by atoms with Crippen LogP contribution in [-0.4, -0.2) is 40.2 Å². The number of ether oxygens (including phenoxy) is 1. The van der Waals surface area contributed by atoms with Crippen molar-refractivity contribution >= 4 is 0 Å². The molecule has 3 rings (SSSR count). The lowest BCUT2D eigenvalue weighted by molar-refractivity contribution is 0.284. The van der Waals surface area contributed by atoms with Gasteiger partial charge in [-0.2, -0.15) is 18.9 Å². The normalized spacial score (nSPS) is 11.4. The zero-order valence-corrected chi connectivity index (χ0v) is 10.7. The van der Waals surface area contributed by atoms with Crippen molar-refractivity contribution in [2.24, 2.45) is 7.05 Å². The van der Waals surface area contributed by atoms with Gasteiger partial charge in [0, 0.05) is 19.3 Å². The summed E-state index contributed by atoms with van der Waals surface area (Å²) in [5, 5.41) is 18.4. The SMILES string of the molecule is [3H]n1ccc(OCc2c(-n3nnn(C)c3=O)cnnc2F)n1. The minimum atomic E-state index is -0.902. The first-order chi connectivity index (χ1) is 10.6. The number of tetrazole rings is 1. The number of aryl methyl sites for hydroxylation is 1. The van der Waals surface area contributed by atoms with Crippen molar-refractivity contribution < 1.29 is 10.5 Å². The Bertz CT molecular complexity index is 872. The summed E-state index contributed by atoms with van der Waals surface area (Å²) in [5.41, 5.74) is -0.530. The largest absolute Gasteiger partial charge is 0.471 e. The molecule has 0 bridgehead atoms. The van der Waals surface area contributed by atoms with Gasteiger partial charge in [0.2, 0.25) is 11.8 Å². The highest BCUT2D eigenvalue weighted by atomic mass is 19.1. The molecule has 21 heavy (non-hydrogen) atoms. The van der Waals surface area contributed by atoms with Crippen molar-refractivity contribution in [1.29, 1.82) is 0 Å². The average molecular weight is 294 g/mol. The molecular formula is C10H9FN8O2. The number of nitrogens with zero attached hydrogens (tertiary/aromatic N) is 7. The van der Waals surface area contributed by atoms with Gasteiger partial charge in [-0.15, -0.1) is 10.2 Å². The molecule has 3 aromatic heterocycles. The summed E-state index contributed by atoms with van der Waals surface area (Å²) in [6, 6.07) is 1.44.